The average molecular weight is 294 g/mol. The second kappa shape index (κ2) is 7.78. The summed E-state index contributed by atoms with van der Waals surface area (Å²) in [6, 6.07) is 3.59. The second-order valence-electron chi connectivity index (χ2n) is 5.07. The highest BCUT2D eigenvalue weighted by Gasteiger charge is 2.25. The molecule has 0 aromatic carbocycles. The molecule has 1 aromatic rings. The topological polar surface area (TPSA) is 76.6 Å². The predicted octanol–water partition coefficient (Wildman–Crippen LogP) is 0.984. The number of carbonyl (C=O) groups excluding carboxylic acids is 1. The summed E-state index contributed by atoms with van der Waals surface area (Å²) in [5.74, 6) is 0.507. The molecule has 0 saturated carbocycles. The lowest BCUT2D eigenvalue weighted by molar-refractivity contribution is 0.0959. The molecule has 2 rings (SSSR count). The Morgan fingerprint density at radius 1 is 1.48 bits per heavy atom. The molecule has 0 aliphatic carbocycles. The molecule has 2 amide bonds. The van der Waals surface area contributed by atoms with E-state index in [4.69, 9.17) is 9.47 Å². The molecule has 0 unspecified atom stereocenters. The zero-order valence-corrected chi connectivity index (χ0v) is 12.5. The minimum atomic E-state index is -0.0738. The molecule has 116 valence electrons. The third kappa shape index (κ3) is 4.86. The lowest BCUT2D eigenvalue weighted by Crippen LogP contribution is -2.49. The molecule has 1 fully saturated rings. The summed E-state index contributed by atoms with van der Waals surface area (Å²) in [7, 11) is 1.61. The van der Waals surface area contributed by atoms with Gasteiger partial charge in [0.1, 0.15) is 6.10 Å². The van der Waals surface area contributed by atoms with Gasteiger partial charge in [0, 0.05) is 26.3 Å². The van der Waals surface area contributed by atoms with Gasteiger partial charge in [-0.05, 0) is 25.8 Å². The lowest BCUT2D eigenvalue weighted by atomic mass is 10.1. The summed E-state index contributed by atoms with van der Waals surface area (Å²) < 4.78 is 10.7. The van der Waals surface area contributed by atoms with Crippen molar-refractivity contribution < 1.29 is 14.3 Å². The number of hydrogen-bond acceptors (Lipinski definition) is 5. The zero-order chi connectivity index (χ0) is 15.1. The standard InChI is InChI=1S/C14H22N4O3/c1-11-5-6-13(17-16-11)21-12-4-3-8-18(10-12)14(19)15-7-9-20-2/h5-6,12H,3-4,7-10H2,1-2H3,(H,15,19)/t12-/m0/s1. The van der Waals surface area contributed by atoms with Gasteiger partial charge in [0.2, 0.25) is 5.88 Å². The van der Waals surface area contributed by atoms with Gasteiger partial charge in [0.25, 0.3) is 0 Å². The van der Waals surface area contributed by atoms with Crippen LogP contribution in [0.1, 0.15) is 18.5 Å². The van der Waals surface area contributed by atoms with E-state index < -0.39 is 0 Å². The van der Waals surface area contributed by atoms with Gasteiger partial charge < -0.3 is 19.7 Å². The highest BCUT2D eigenvalue weighted by atomic mass is 16.5. The van der Waals surface area contributed by atoms with Crippen LogP contribution in [0.25, 0.3) is 0 Å². The van der Waals surface area contributed by atoms with Crippen molar-refractivity contribution >= 4 is 6.03 Å². The van der Waals surface area contributed by atoms with E-state index in [2.05, 4.69) is 15.5 Å². The van der Waals surface area contributed by atoms with Gasteiger partial charge in [0.15, 0.2) is 0 Å². The largest absolute Gasteiger partial charge is 0.471 e. The number of carbonyl (C=O) groups is 1. The van der Waals surface area contributed by atoms with Crippen molar-refractivity contribution in [1.82, 2.24) is 20.4 Å². The first kappa shape index (κ1) is 15.5. The van der Waals surface area contributed by atoms with Gasteiger partial charge in [0.05, 0.1) is 18.8 Å². The molecule has 2 heterocycles. The molecular formula is C14H22N4O3. The van der Waals surface area contributed by atoms with Crippen LogP contribution >= 0.6 is 0 Å². The number of ether oxygens (including phenoxy) is 2. The molecule has 1 atom stereocenters. The van der Waals surface area contributed by atoms with Gasteiger partial charge in [-0.15, -0.1) is 5.10 Å². The number of methoxy groups -OCH3 is 1. The average Bonchev–Trinajstić information content (AvgIpc) is 2.50. The number of urea groups is 1. The van der Waals surface area contributed by atoms with E-state index in [1.165, 1.54) is 0 Å². The van der Waals surface area contributed by atoms with E-state index in [-0.39, 0.29) is 12.1 Å². The quantitative estimate of drug-likeness (QED) is 0.819. The number of nitrogens with one attached hydrogen (secondary N) is 1. The number of hydrogen-bond donors (Lipinski definition) is 1. The molecule has 0 radical (unpaired) electrons. The van der Waals surface area contributed by atoms with Crippen LogP contribution in [0.4, 0.5) is 4.79 Å². The number of nitrogens with zero attached hydrogens (tertiary/aromatic N) is 3. The molecule has 1 aliphatic heterocycles. The fourth-order valence-corrected chi connectivity index (χ4v) is 2.21. The van der Waals surface area contributed by atoms with Gasteiger partial charge >= 0.3 is 6.03 Å². The van der Waals surface area contributed by atoms with Gasteiger partial charge in [-0.2, -0.15) is 5.10 Å². The van der Waals surface area contributed by atoms with Crippen LogP contribution in [0, 0.1) is 6.92 Å². The zero-order valence-electron chi connectivity index (χ0n) is 12.5. The first-order valence-electron chi connectivity index (χ1n) is 7.17. The number of aromatic nitrogens is 2. The highest BCUT2D eigenvalue weighted by molar-refractivity contribution is 5.74. The Kier molecular flexibility index (Phi) is 5.74. The van der Waals surface area contributed by atoms with E-state index >= 15 is 0 Å². The number of piperidine rings is 1. The van der Waals surface area contributed by atoms with Crippen LogP contribution in [0.3, 0.4) is 0 Å². The van der Waals surface area contributed by atoms with E-state index in [1.54, 1.807) is 18.1 Å². The molecule has 21 heavy (non-hydrogen) atoms. The fourth-order valence-electron chi connectivity index (χ4n) is 2.21. The highest BCUT2D eigenvalue weighted by Crippen LogP contribution is 2.16. The van der Waals surface area contributed by atoms with Crippen molar-refractivity contribution in [2.24, 2.45) is 0 Å². The van der Waals surface area contributed by atoms with Crippen LogP contribution in [-0.2, 0) is 4.74 Å². The third-order valence-electron chi connectivity index (χ3n) is 3.31. The monoisotopic (exact) mass is 294 g/mol. The van der Waals surface area contributed by atoms with Crippen molar-refractivity contribution in [1.29, 1.82) is 0 Å². The van der Waals surface area contributed by atoms with E-state index in [0.717, 1.165) is 25.1 Å². The summed E-state index contributed by atoms with van der Waals surface area (Å²) in [6.07, 6.45) is 1.79. The van der Waals surface area contributed by atoms with Crippen LogP contribution < -0.4 is 10.1 Å². The minimum Gasteiger partial charge on any atom is -0.471 e. The molecule has 1 N–H and O–H groups in total. The molecular weight excluding hydrogens is 272 g/mol. The summed E-state index contributed by atoms with van der Waals surface area (Å²) in [5, 5.41) is 10.8. The minimum absolute atomic E-state index is 0.0380. The van der Waals surface area contributed by atoms with Crippen LogP contribution in [0.2, 0.25) is 0 Å². The second-order valence-corrected chi connectivity index (χ2v) is 5.07. The Balaban J connectivity index is 1.82. The number of rotatable bonds is 5. The van der Waals surface area contributed by atoms with Crippen molar-refractivity contribution in [3.05, 3.63) is 17.8 Å². The van der Waals surface area contributed by atoms with Crippen molar-refractivity contribution in [2.75, 3.05) is 33.4 Å². The fraction of sp³-hybridized carbons (Fsp3) is 0.643. The Morgan fingerprint density at radius 2 is 2.33 bits per heavy atom. The van der Waals surface area contributed by atoms with Crippen molar-refractivity contribution in [2.45, 2.75) is 25.9 Å². The first-order valence-corrected chi connectivity index (χ1v) is 7.17. The Bertz CT molecular complexity index is 452. The molecule has 1 aromatic heterocycles. The Labute approximate surface area is 124 Å². The maximum atomic E-state index is 12.0. The maximum Gasteiger partial charge on any atom is 0.317 e. The smallest absolute Gasteiger partial charge is 0.317 e. The number of likely N-dealkylation sites (tertiary alicyclic amines) is 1. The van der Waals surface area contributed by atoms with E-state index in [1.807, 2.05) is 13.0 Å². The van der Waals surface area contributed by atoms with E-state index in [0.29, 0.717) is 25.6 Å². The van der Waals surface area contributed by atoms with Gasteiger partial charge in [-0.25, -0.2) is 4.79 Å². The predicted molar refractivity (Wildman–Crippen MR) is 77.3 cm³/mol. The summed E-state index contributed by atoms with van der Waals surface area (Å²) in [6.45, 7) is 4.22. The van der Waals surface area contributed by atoms with Crippen molar-refractivity contribution in [3.8, 4) is 5.88 Å². The normalized spacial score (nSPS) is 18.4. The molecule has 7 nitrogen and oxygen atoms in total. The molecule has 7 heteroatoms. The summed E-state index contributed by atoms with van der Waals surface area (Å²) in [5.41, 5.74) is 0.852. The van der Waals surface area contributed by atoms with Crippen LogP contribution in [0.15, 0.2) is 12.1 Å². The third-order valence-corrected chi connectivity index (χ3v) is 3.31. The van der Waals surface area contributed by atoms with Crippen molar-refractivity contribution in [3.63, 3.8) is 0 Å². The molecule has 1 saturated heterocycles. The number of aryl methyl sites for hydroxylation is 1. The lowest BCUT2D eigenvalue weighted by Gasteiger charge is -2.32. The van der Waals surface area contributed by atoms with Crippen LogP contribution in [-0.4, -0.2) is 60.6 Å². The molecule has 0 bridgehead atoms. The first-order chi connectivity index (χ1) is 10.2. The maximum absolute atomic E-state index is 12.0. The summed E-state index contributed by atoms with van der Waals surface area (Å²) >= 11 is 0. The summed E-state index contributed by atoms with van der Waals surface area (Å²) in [4.78, 5) is 13.8. The van der Waals surface area contributed by atoms with Gasteiger partial charge in [-0.1, -0.05) is 0 Å². The molecule has 0 spiro atoms. The SMILES string of the molecule is COCCNC(=O)N1CCC[C@H](Oc2ccc(C)nn2)C1. The van der Waals surface area contributed by atoms with E-state index in [9.17, 15) is 4.79 Å². The van der Waals surface area contributed by atoms with Crippen LogP contribution in [0.5, 0.6) is 5.88 Å². The Morgan fingerprint density at radius 3 is 3.05 bits per heavy atom. The Hall–Kier alpha value is -1.89. The molecule has 1 aliphatic rings. The number of amides is 2. The van der Waals surface area contributed by atoms with Gasteiger partial charge in [-0.3, -0.25) is 0 Å².